The molecule has 0 spiro atoms. The van der Waals surface area contributed by atoms with Gasteiger partial charge in [-0.1, -0.05) is 30.3 Å². The molecule has 0 unspecified atom stereocenters. The van der Waals surface area contributed by atoms with Gasteiger partial charge in [0.15, 0.2) is 5.78 Å². The van der Waals surface area contributed by atoms with E-state index in [-0.39, 0.29) is 11.2 Å². The van der Waals surface area contributed by atoms with Gasteiger partial charge in [-0.3, -0.25) is 4.79 Å². The summed E-state index contributed by atoms with van der Waals surface area (Å²) < 4.78 is 0. The van der Waals surface area contributed by atoms with Gasteiger partial charge in [0.25, 0.3) is 0 Å². The summed E-state index contributed by atoms with van der Waals surface area (Å²) in [5.74, 6) is 0.217. The van der Waals surface area contributed by atoms with E-state index in [1.54, 1.807) is 0 Å². The number of ketones is 1. The number of rotatable bonds is 2. The molecule has 72 valence electrons. The largest absolute Gasteiger partial charge is 0.390 e. The zero-order valence-corrected chi connectivity index (χ0v) is 7.86. The highest BCUT2D eigenvalue weighted by molar-refractivity contribution is 6.02. The second kappa shape index (κ2) is 2.26. The van der Waals surface area contributed by atoms with Crippen molar-refractivity contribution in [3.63, 3.8) is 0 Å². The predicted molar refractivity (Wildman–Crippen MR) is 52.0 cm³/mol. The van der Waals surface area contributed by atoms with Crippen LogP contribution in [0.1, 0.15) is 29.6 Å². The van der Waals surface area contributed by atoms with Crippen molar-refractivity contribution < 1.29 is 9.90 Å². The highest BCUT2D eigenvalue weighted by Crippen LogP contribution is 2.68. The zero-order valence-electron chi connectivity index (χ0n) is 7.86. The summed E-state index contributed by atoms with van der Waals surface area (Å²) in [5, 5.41) is 9.59. The lowest BCUT2D eigenvalue weighted by atomic mass is 9.39. The number of carbonyl (C=O) groups excluding carboxylic acids is 1. The average molecular weight is 188 g/mol. The fraction of sp³-hybridized carbons (Fsp3) is 0.417. The minimum atomic E-state index is -0.482. The standard InChI is InChI=1S/C12H12O2/c13-10(9-4-2-1-3-5-9)11-6-12(14,7-11)8-11/h1-5,14H,6-8H2. The van der Waals surface area contributed by atoms with Crippen LogP contribution in [0.15, 0.2) is 30.3 Å². The second-order valence-corrected chi connectivity index (χ2v) is 4.73. The van der Waals surface area contributed by atoms with Crippen LogP contribution in [0.3, 0.4) is 0 Å². The molecule has 0 radical (unpaired) electrons. The molecular weight excluding hydrogens is 176 g/mol. The lowest BCUT2D eigenvalue weighted by Gasteiger charge is -2.66. The Morgan fingerprint density at radius 2 is 1.71 bits per heavy atom. The minimum Gasteiger partial charge on any atom is -0.390 e. The van der Waals surface area contributed by atoms with E-state index in [0.717, 1.165) is 5.56 Å². The lowest BCUT2D eigenvalue weighted by molar-refractivity contribution is -0.231. The maximum absolute atomic E-state index is 12.0. The molecule has 0 aromatic heterocycles. The molecule has 2 nitrogen and oxygen atoms in total. The fourth-order valence-electron chi connectivity index (χ4n) is 2.87. The van der Waals surface area contributed by atoms with E-state index >= 15 is 0 Å². The van der Waals surface area contributed by atoms with Crippen molar-refractivity contribution in [3.8, 4) is 0 Å². The molecule has 3 aliphatic carbocycles. The quantitative estimate of drug-likeness (QED) is 0.718. The Balaban J connectivity index is 1.86. The van der Waals surface area contributed by atoms with Crippen LogP contribution in [0, 0.1) is 5.41 Å². The Morgan fingerprint density at radius 3 is 2.21 bits per heavy atom. The highest BCUT2D eigenvalue weighted by Gasteiger charge is 2.70. The third-order valence-electron chi connectivity index (χ3n) is 3.52. The molecule has 0 aliphatic heterocycles. The van der Waals surface area contributed by atoms with E-state index < -0.39 is 5.60 Å². The SMILES string of the molecule is O=C(c1ccccc1)C12CC(O)(C1)C2. The van der Waals surface area contributed by atoms with Crippen LogP contribution in [0.2, 0.25) is 0 Å². The van der Waals surface area contributed by atoms with Crippen molar-refractivity contribution in [2.24, 2.45) is 5.41 Å². The van der Waals surface area contributed by atoms with E-state index in [4.69, 9.17) is 0 Å². The zero-order chi connectivity index (χ0) is 9.81. The van der Waals surface area contributed by atoms with Crippen molar-refractivity contribution in [2.75, 3.05) is 0 Å². The first-order chi connectivity index (χ1) is 6.64. The lowest BCUT2D eigenvalue weighted by Crippen LogP contribution is -2.70. The van der Waals surface area contributed by atoms with Crippen LogP contribution in [-0.2, 0) is 0 Å². The molecule has 3 fully saturated rings. The van der Waals surface area contributed by atoms with Gasteiger partial charge in [-0.2, -0.15) is 0 Å². The monoisotopic (exact) mass is 188 g/mol. The normalized spacial score (nSPS) is 38.4. The fourth-order valence-corrected chi connectivity index (χ4v) is 2.87. The molecule has 0 heterocycles. The number of benzene rings is 1. The first-order valence-corrected chi connectivity index (χ1v) is 4.96. The van der Waals surface area contributed by atoms with Gasteiger partial charge in [0.1, 0.15) is 0 Å². The number of hydrogen-bond donors (Lipinski definition) is 1. The minimum absolute atomic E-state index is 0.198. The van der Waals surface area contributed by atoms with Crippen LogP contribution in [-0.4, -0.2) is 16.5 Å². The van der Waals surface area contributed by atoms with E-state index in [1.165, 1.54) is 0 Å². The number of carbonyl (C=O) groups is 1. The Kier molecular flexibility index (Phi) is 1.32. The Labute approximate surface area is 82.6 Å². The Morgan fingerprint density at radius 1 is 1.14 bits per heavy atom. The maximum atomic E-state index is 12.0. The summed E-state index contributed by atoms with van der Waals surface area (Å²) in [7, 11) is 0. The maximum Gasteiger partial charge on any atom is 0.169 e. The van der Waals surface area contributed by atoms with Crippen LogP contribution in [0.4, 0.5) is 0 Å². The van der Waals surface area contributed by atoms with Gasteiger partial charge in [0.05, 0.1) is 5.60 Å². The van der Waals surface area contributed by atoms with Crippen LogP contribution in [0.5, 0.6) is 0 Å². The van der Waals surface area contributed by atoms with Gasteiger partial charge in [-0.05, 0) is 19.3 Å². The van der Waals surface area contributed by atoms with E-state index in [0.29, 0.717) is 19.3 Å². The number of Topliss-reactive ketones (excluding diaryl/α,β-unsaturated/α-hetero) is 1. The molecule has 0 atom stereocenters. The average Bonchev–Trinajstić information content (AvgIpc) is 2.12. The molecule has 14 heavy (non-hydrogen) atoms. The van der Waals surface area contributed by atoms with Crippen LogP contribution < -0.4 is 0 Å². The van der Waals surface area contributed by atoms with Crippen molar-refractivity contribution in [1.29, 1.82) is 0 Å². The molecule has 1 aromatic carbocycles. The molecule has 3 saturated carbocycles. The van der Waals surface area contributed by atoms with E-state index in [2.05, 4.69) is 0 Å². The summed E-state index contributed by atoms with van der Waals surface area (Å²) in [6.45, 7) is 0. The smallest absolute Gasteiger partial charge is 0.169 e. The molecule has 3 aliphatic rings. The molecule has 1 N–H and O–H groups in total. The molecule has 4 rings (SSSR count). The third-order valence-corrected chi connectivity index (χ3v) is 3.52. The van der Waals surface area contributed by atoms with Crippen molar-refractivity contribution in [1.82, 2.24) is 0 Å². The van der Waals surface area contributed by atoms with Crippen molar-refractivity contribution >= 4 is 5.78 Å². The van der Waals surface area contributed by atoms with Gasteiger partial charge in [0.2, 0.25) is 0 Å². The van der Waals surface area contributed by atoms with Crippen LogP contribution >= 0.6 is 0 Å². The summed E-state index contributed by atoms with van der Waals surface area (Å²) >= 11 is 0. The van der Waals surface area contributed by atoms with E-state index in [9.17, 15) is 9.90 Å². The molecule has 0 saturated heterocycles. The Hall–Kier alpha value is -1.15. The first kappa shape index (κ1) is 8.18. The van der Waals surface area contributed by atoms with Gasteiger partial charge in [0, 0.05) is 11.0 Å². The molecule has 2 heteroatoms. The third kappa shape index (κ3) is 0.867. The first-order valence-electron chi connectivity index (χ1n) is 4.96. The van der Waals surface area contributed by atoms with Gasteiger partial charge < -0.3 is 5.11 Å². The number of hydrogen-bond acceptors (Lipinski definition) is 2. The molecule has 1 aromatic rings. The summed E-state index contributed by atoms with van der Waals surface area (Å²) in [5.41, 5.74) is 0.106. The second-order valence-electron chi connectivity index (χ2n) is 4.73. The Bertz CT molecular complexity index is 374. The van der Waals surface area contributed by atoms with Gasteiger partial charge in [-0.15, -0.1) is 0 Å². The molecular formula is C12H12O2. The van der Waals surface area contributed by atoms with Crippen molar-refractivity contribution in [2.45, 2.75) is 24.9 Å². The van der Waals surface area contributed by atoms with Gasteiger partial charge in [-0.25, -0.2) is 0 Å². The molecule has 2 bridgehead atoms. The summed E-state index contributed by atoms with van der Waals surface area (Å²) in [6, 6.07) is 9.38. The number of aliphatic hydroxyl groups is 1. The van der Waals surface area contributed by atoms with Crippen molar-refractivity contribution in [3.05, 3.63) is 35.9 Å². The highest BCUT2D eigenvalue weighted by atomic mass is 16.3. The van der Waals surface area contributed by atoms with Gasteiger partial charge >= 0.3 is 0 Å². The summed E-state index contributed by atoms with van der Waals surface area (Å²) in [4.78, 5) is 12.0. The topological polar surface area (TPSA) is 37.3 Å². The van der Waals surface area contributed by atoms with E-state index in [1.807, 2.05) is 30.3 Å². The van der Waals surface area contributed by atoms with Crippen LogP contribution in [0.25, 0.3) is 0 Å². The predicted octanol–water partition coefficient (Wildman–Crippen LogP) is 1.78. The molecule has 0 amide bonds. The summed E-state index contributed by atoms with van der Waals surface area (Å²) in [6.07, 6.45) is 2.02.